The van der Waals surface area contributed by atoms with Gasteiger partial charge >= 0.3 is 0 Å². The number of hydrogen-bond donors (Lipinski definition) is 1. The normalized spacial score (nSPS) is 19.0. The van der Waals surface area contributed by atoms with E-state index in [-0.39, 0.29) is 12.1 Å². The van der Waals surface area contributed by atoms with Crippen molar-refractivity contribution < 1.29 is 9.47 Å². The Hall–Kier alpha value is -3.09. The zero-order valence-electron chi connectivity index (χ0n) is 14.1. The van der Waals surface area contributed by atoms with Crippen molar-refractivity contribution in [3.8, 4) is 11.5 Å². The molecule has 1 aliphatic heterocycles. The van der Waals surface area contributed by atoms with Crippen LogP contribution >= 0.6 is 0 Å². The average Bonchev–Trinajstić information content (AvgIpc) is 3.16. The summed E-state index contributed by atoms with van der Waals surface area (Å²) in [5.41, 5.74) is 2.29. The fourth-order valence-corrected chi connectivity index (χ4v) is 3.28. The molecule has 0 saturated carbocycles. The minimum absolute atomic E-state index is 0.0727. The van der Waals surface area contributed by atoms with Crippen LogP contribution in [0.1, 0.15) is 29.6 Å². The molecule has 2 heterocycles. The van der Waals surface area contributed by atoms with Gasteiger partial charge in [0.1, 0.15) is 0 Å². The third kappa shape index (κ3) is 2.77. The second-order valence-electron chi connectivity index (χ2n) is 5.92. The van der Waals surface area contributed by atoms with Crippen LogP contribution in [-0.2, 0) is 0 Å². The van der Waals surface area contributed by atoms with Gasteiger partial charge in [-0.25, -0.2) is 4.68 Å². The van der Waals surface area contributed by atoms with Crippen molar-refractivity contribution >= 4 is 5.95 Å². The first-order chi connectivity index (χ1) is 12.3. The van der Waals surface area contributed by atoms with E-state index in [0.717, 1.165) is 12.0 Å². The molecule has 0 fully saturated rings. The SMILES string of the molecule is COc1ccc([C@@H]2C[C@H](c3ccccc3)n3nnnc3N2)cc1OC. The van der Waals surface area contributed by atoms with Gasteiger partial charge in [-0.3, -0.25) is 0 Å². The Bertz CT molecular complexity index is 865. The lowest BCUT2D eigenvalue weighted by Gasteiger charge is -2.31. The van der Waals surface area contributed by atoms with E-state index in [1.807, 2.05) is 41.1 Å². The zero-order chi connectivity index (χ0) is 17.2. The highest BCUT2D eigenvalue weighted by molar-refractivity contribution is 5.46. The number of ether oxygens (including phenoxy) is 2. The van der Waals surface area contributed by atoms with Crippen molar-refractivity contribution in [3.05, 3.63) is 59.7 Å². The highest BCUT2D eigenvalue weighted by atomic mass is 16.5. The summed E-state index contributed by atoms with van der Waals surface area (Å²) in [5.74, 6) is 2.09. The van der Waals surface area contributed by atoms with Crippen LogP contribution < -0.4 is 14.8 Å². The van der Waals surface area contributed by atoms with Crippen LogP contribution in [0.5, 0.6) is 11.5 Å². The van der Waals surface area contributed by atoms with E-state index in [0.29, 0.717) is 17.4 Å². The Balaban J connectivity index is 1.71. The maximum Gasteiger partial charge on any atom is 0.243 e. The van der Waals surface area contributed by atoms with Crippen LogP contribution in [0.3, 0.4) is 0 Å². The Morgan fingerprint density at radius 2 is 1.80 bits per heavy atom. The molecule has 0 bridgehead atoms. The Morgan fingerprint density at radius 1 is 1.00 bits per heavy atom. The Morgan fingerprint density at radius 3 is 2.56 bits per heavy atom. The molecule has 7 heteroatoms. The van der Waals surface area contributed by atoms with Crippen molar-refractivity contribution in [2.75, 3.05) is 19.5 Å². The molecule has 0 radical (unpaired) electrons. The first-order valence-electron chi connectivity index (χ1n) is 8.11. The predicted molar refractivity (Wildman–Crippen MR) is 92.9 cm³/mol. The van der Waals surface area contributed by atoms with Crippen molar-refractivity contribution in [1.29, 1.82) is 0 Å². The first kappa shape index (κ1) is 15.4. The number of nitrogens with one attached hydrogen (secondary N) is 1. The standard InChI is InChI=1S/C18H19N5O2/c1-24-16-9-8-13(10-17(16)25-2)14-11-15(12-6-4-3-5-7-12)23-18(19-14)20-21-22-23/h3-10,14-15H,11H2,1-2H3,(H,19,20,22)/t14-,15+/m0/s1. The molecule has 2 aromatic carbocycles. The summed E-state index contributed by atoms with van der Waals surface area (Å²) in [4.78, 5) is 0. The molecular weight excluding hydrogens is 318 g/mol. The molecular formula is C18H19N5O2. The molecule has 25 heavy (non-hydrogen) atoms. The number of nitrogens with zero attached hydrogens (tertiary/aromatic N) is 4. The van der Waals surface area contributed by atoms with Gasteiger partial charge in [0.15, 0.2) is 11.5 Å². The Kier molecular flexibility index (Phi) is 3.97. The molecule has 0 unspecified atom stereocenters. The number of rotatable bonds is 4. The maximum absolute atomic E-state index is 5.44. The highest BCUT2D eigenvalue weighted by Crippen LogP contribution is 2.39. The van der Waals surface area contributed by atoms with E-state index in [9.17, 15) is 0 Å². The lowest BCUT2D eigenvalue weighted by Crippen LogP contribution is -2.28. The topological polar surface area (TPSA) is 74.1 Å². The average molecular weight is 337 g/mol. The van der Waals surface area contributed by atoms with E-state index >= 15 is 0 Å². The van der Waals surface area contributed by atoms with E-state index in [1.54, 1.807) is 14.2 Å². The van der Waals surface area contributed by atoms with Gasteiger partial charge in [0.25, 0.3) is 0 Å². The predicted octanol–water partition coefficient (Wildman–Crippen LogP) is 2.84. The number of fused-ring (bicyclic) bond motifs is 1. The highest BCUT2D eigenvalue weighted by Gasteiger charge is 2.30. The van der Waals surface area contributed by atoms with Gasteiger partial charge in [-0.05, 0) is 40.1 Å². The molecule has 0 amide bonds. The van der Waals surface area contributed by atoms with Crippen LogP contribution in [-0.4, -0.2) is 34.4 Å². The first-order valence-corrected chi connectivity index (χ1v) is 8.11. The third-order valence-corrected chi connectivity index (χ3v) is 4.54. The summed E-state index contributed by atoms with van der Waals surface area (Å²) in [6, 6.07) is 16.4. The molecule has 4 rings (SSSR count). The van der Waals surface area contributed by atoms with Gasteiger partial charge in [0.05, 0.1) is 26.3 Å². The van der Waals surface area contributed by atoms with Crippen LogP contribution in [0, 0.1) is 0 Å². The van der Waals surface area contributed by atoms with Gasteiger partial charge in [-0.15, -0.1) is 0 Å². The largest absolute Gasteiger partial charge is 0.493 e. The van der Waals surface area contributed by atoms with Crippen LogP contribution in [0.4, 0.5) is 5.95 Å². The van der Waals surface area contributed by atoms with E-state index < -0.39 is 0 Å². The minimum atomic E-state index is 0.0727. The molecule has 1 N–H and O–H groups in total. The van der Waals surface area contributed by atoms with E-state index in [2.05, 4.69) is 33.0 Å². The number of benzene rings is 2. The smallest absolute Gasteiger partial charge is 0.243 e. The summed E-state index contributed by atoms with van der Waals surface area (Å²) in [6.45, 7) is 0. The van der Waals surface area contributed by atoms with Gasteiger partial charge in [-0.2, -0.15) is 0 Å². The molecule has 1 aliphatic rings. The molecule has 3 aromatic rings. The zero-order valence-corrected chi connectivity index (χ0v) is 14.1. The third-order valence-electron chi connectivity index (χ3n) is 4.54. The van der Waals surface area contributed by atoms with E-state index in [4.69, 9.17) is 9.47 Å². The van der Waals surface area contributed by atoms with Crippen molar-refractivity contribution in [3.63, 3.8) is 0 Å². The van der Waals surface area contributed by atoms with Gasteiger partial charge in [0.2, 0.25) is 5.95 Å². The lowest BCUT2D eigenvalue weighted by molar-refractivity contribution is 0.353. The molecule has 2 atom stereocenters. The molecule has 128 valence electrons. The summed E-state index contributed by atoms with van der Waals surface area (Å²) in [5, 5.41) is 15.5. The van der Waals surface area contributed by atoms with Crippen molar-refractivity contribution in [1.82, 2.24) is 20.2 Å². The molecule has 1 aromatic heterocycles. The second-order valence-corrected chi connectivity index (χ2v) is 5.92. The van der Waals surface area contributed by atoms with Crippen LogP contribution in [0.2, 0.25) is 0 Å². The number of methoxy groups -OCH3 is 2. The Labute approximate surface area is 145 Å². The second kappa shape index (κ2) is 6.43. The quantitative estimate of drug-likeness (QED) is 0.789. The fourth-order valence-electron chi connectivity index (χ4n) is 3.28. The molecule has 0 aliphatic carbocycles. The number of aromatic nitrogens is 4. The minimum Gasteiger partial charge on any atom is -0.493 e. The monoisotopic (exact) mass is 337 g/mol. The van der Waals surface area contributed by atoms with Crippen molar-refractivity contribution in [2.45, 2.75) is 18.5 Å². The lowest BCUT2D eigenvalue weighted by atomic mass is 9.93. The van der Waals surface area contributed by atoms with Crippen LogP contribution in [0.25, 0.3) is 0 Å². The fraction of sp³-hybridized carbons (Fsp3) is 0.278. The summed E-state index contributed by atoms with van der Waals surface area (Å²) >= 11 is 0. The van der Waals surface area contributed by atoms with Gasteiger partial charge in [-0.1, -0.05) is 41.5 Å². The molecule has 0 saturated heterocycles. The number of tetrazole rings is 1. The number of hydrogen-bond acceptors (Lipinski definition) is 6. The van der Waals surface area contributed by atoms with Gasteiger partial charge < -0.3 is 14.8 Å². The van der Waals surface area contributed by atoms with Gasteiger partial charge in [0, 0.05) is 0 Å². The molecule has 0 spiro atoms. The van der Waals surface area contributed by atoms with Crippen LogP contribution in [0.15, 0.2) is 48.5 Å². The maximum atomic E-state index is 5.44. The number of anilines is 1. The summed E-state index contributed by atoms with van der Waals surface area (Å²) < 4.78 is 12.6. The van der Waals surface area contributed by atoms with Crippen molar-refractivity contribution in [2.24, 2.45) is 0 Å². The summed E-state index contributed by atoms with van der Waals surface area (Å²) in [6.07, 6.45) is 0.831. The molecule has 7 nitrogen and oxygen atoms in total. The summed E-state index contributed by atoms with van der Waals surface area (Å²) in [7, 11) is 3.28. The van der Waals surface area contributed by atoms with E-state index in [1.165, 1.54) is 5.56 Å².